The maximum Gasteiger partial charge on any atom is 0.275 e. The van der Waals surface area contributed by atoms with Crippen molar-refractivity contribution in [3.63, 3.8) is 0 Å². The molecule has 1 amide bonds. The van der Waals surface area contributed by atoms with Gasteiger partial charge in [-0.25, -0.2) is 4.98 Å². The molecule has 0 unspecified atom stereocenters. The molecule has 1 heterocycles. The van der Waals surface area contributed by atoms with Crippen LogP contribution in [-0.2, 0) is 0 Å². The first-order valence-electron chi connectivity index (χ1n) is 5.26. The summed E-state index contributed by atoms with van der Waals surface area (Å²) in [7, 11) is 0. The van der Waals surface area contributed by atoms with Gasteiger partial charge in [-0.2, -0.15) is 0 Å². The van der Waals surface area contributed by atoms with Gasteiger partial charge in [-0.3, -0.25) is 4.79 Å². The van der Waals surface area contributed by atoms with Gasteiger partial charge >= 0.3 is 0 Å². The molecule has 0 fully saturated rings. The van der Waals surface area contributed by atoms with Crippen molar-refractivity contribution in [2.75, 3.05) is 5.32 Å². The lowest BCUT2D eigenvalue weighted by atomic mass is 10.2. The molecular formula is C13H10BrClN2O. The largest absolute Gasteiger partial charge is 0.320 e. The number of pyridine rings is 1. The lowest BCUT2D eigenvalue weighted by Crippen LogP contribution is -2.15. The van der Waals surface area contributed by atoms with Crippen molar-refractivity contribution in [3.05, 3.63) is 57.3 Å². The molecule has 3 nitrogen and oxygen atoms in total. The van der Waals surface area contributed by atoms with Crippen LogP contribution in [0.25, 0.3) is 0 Å². The molecular weight excluding hydrogens is 316 g/mol. The third kappa shape index (κ3) is 2.71. The molecule has 0 aliphatic rings. The van der Waals surface area contributed by atoms with E-state index in [4.69, 9.17) is 11.6 Å². The Hall–Kier alpha value is -1.39. The zero-order valence-corrected chi connectivity index (χ0v) is 11.9. The van der Waals surface area contributed by atoms with Crippen molar-refractivity contribution in [1.82, 2.24) is 4.98 Å². The molecule has 0 saturated carbocycles. The molecule has 1 N–H and O–H groups in total. The van der Waals surface area contributed by atoms with Gasteiger partial charge in [0, 0.05) is 21.4 Å². The van der Waals surface area contributed by atoms with Crippen molar-refractivity contribution in [3.8, 4) is 0 Å². The van der Waals surface area contributed by atoms with E-state index in [0.717, 1.165) is 5.56 Å². The molecule has 0 bridgehead atoms. The first-order valence-corrected chi connectivity index (χ1v) is 6.43. The number of nitrogens with one attached hydrogen (secondary N) is 1. The summed E-state index contributed by atoms with van der Waals surface area (Å²) in [6.45, 7) is 1.85. The fraction of sp³-hybridized carbons (Fsp3) is 0.0769. The van der Waals surface area contributed by atoms with Crippen molar-refractivity contribution < 1.29 is 4.79 Å². The summed E-state index contributed by atoms with van der Waals surface area (Å²) in [5.41, 5.74) is 1.86. The summed E-state index contributed by atoms with van der Waals surface area (Å²) in [4.78, 5) is 16.1. The van der Waals surface area contributed by atoms with Crippen LogP contribution in [0.3, 0.4) is 0 Å². The number of carbonyl (C=O) groups is 1. The maximum absolute atomic E-state index is 12.1. The Morgan fingerprint density at radius 1 is 1.33 bits per heavy atom. The second kappa shape index (κ2) is 5.50. The fourth-order valence-corrected chi connectivity index (χ4v) is 2.09. The van der Waals surface area contributed by atoms with Crippen LogP contribution in [0.1, 0.15) is 16.1 Å². The predicted molar refractivity (Wildman–Crippen MR) is 76.1 cm³/mol. The van der Waals surface area contributed by atoms with E-state index in [1.54, 1.807) is 36.5 Å². The number of rotatable bonds is 2. The first kappa shape index (κ1) is 13.1. The van der Waals surface area contributed by atoms with Gasteiger partial charge in [-0.05, 0) is 52.7 Å². The molecule has 0 radical (unpaired) electrons. The number of anilines is 1. The summed E-state index contributed by atoms with van der Waals surface area (Å²) < 4.78 is 0.655. The number of halogens is 2. The van der Waals surface area contributed by atoms with E-state index >= 15 is 0 Å². The molecule has 1 aromatic carbocycles. The topological polar surface area (TPSA) is 42.0 Å². The van der Waals surface area contributed by atoms with Crippen molar-refractivity contribution in [2.24, 2.45) is 0 Å². The quantitative estimate of drug-likeness (QED) is 0.905. The van der Waals surface area contributed by atoms with Gasteiger partial charge in [0.2, 0.25) is 0 Å². The highest BCUT2D eigenvalue weighted by Gasteiger charge is 2.12. The highest BCUT2D eigenvalue weighted by atomic mass is 79.9. The molecule has 0 atom stereocenters. The average molecular weight is 326 g/mol. The molecule has 0 aliphatic carbocycles. The average Bonchev–Trinajstić information content (AvgIpc) is 2.35. The van der Waals surface area contributed by atoms with Crippen LogP contribution in [0.2, 0.25) is 5.02 Å². The first-order chi connectivity index (χ1) is 8.59. The van der Waals surface area contributed by atoms with Gasteiger partial charge in [0.05, 0.1) is 0 Å². The van der Waals surface area contributed by atoms with Crippen LogP contribution in [0.5, 0.6) is 0 Å². The summed E-state index contributed by atoms with van der Waals surface area (Å²) in [6, 6.07) is 8.90. The molecule has 0 saturated heterocycles. The van der Waals surface area contributed by atoms with Crippen LogP contribution in [0, 0.1) is 6.92 Å². The second-order valence-corrected chi connectivity index (χ2v) is 4.96. The minimum absolute atomic E-state index is 0.271. The normalized spacial score (nSPS) is 10.2. The molecule has 2 aromatic rings. The molecule has 2 rings (SSSR count). The van der Waals surface area contributed by atoms with Crippen molar-refractivity contribution in [2.45, 2.75) is 6.92 Å². The number of hydrogen-bond donors (Lipinski definition) is 1. The Balaban J connectivity index is 2.27. The summed E-state index contributed by atoms with van der Waals surface area (Å²) >= 11 is 9.29. The fourth-order valence-electron chi connectivity index (χ4n) is 1.48. The molecule has 0 aliphatic heterocycles. The van der Waals surface area contributed by atoms with Gasteiger partial charge in [0.25, 0.3) is 5.91 Å². The van der Waals surface area contributed by atoms with Gasteiger partial charge in [0.1, 0.15) is 5.69 Å². The molecule has 1 aromatic heterocycles. The number of amides is 1. The van der Waals surface area contributed by atoms with Gasteiger partial charge in [-0.15, -0.1) is 0 Å². The molecule has 18 heavy (non-hydrogen) atoms. The highest BCUT2D eigenvalue weighted by Crippen LogP contribution is 2.24. The minimum atomic E-state index is -0.271. The third-order valence-electron chi connectivity index (χ3n) is 2.49. The third-order valence-corrected chi connectivity index (χ3v) is 3.54. The van der Waals surface area contributed by atoms with E-state index in [9.17, 15) is 4.79 Å². The number of nitrogens with zero attached hydrogens (tertiary/aromatic N) is 1. The smallest absolute Gasteiger partial charge is 0.275 e. The van der Waals surface area contributed by atoms with E-state index < -0.39 is 0 Å². The Morgan fingerprint density at radius 2 is 2.11 bits per heavy atom. The number of aromatic nitrogens is 1. The standard InChI is InChI=1S/C13H10BrClN2O/c1-8-10(15)5-2-6-11(8)17-13(18)12-9(14)4-3-7-16-12/h2-7H,1H3,(H,17,18). The number of carbonyl (C=O) groups excluding carboxylic acids is 1. The minimum Gasteiger partial charge on any atom is -0.320 e. The zero-order valence-electron chi connectivity index (χ0n) is 9.58. The Labute approximate surface area is 118 Å². The molecule has 5 heteroatoms. The van der Waals surface area contributed by atoms with Crippen LogP contribution in [0.15, 0.2) is 41.0 Å². The van der Waals surface area contributed by atoms with E-state index in [0.29, 0.717) is 20.9 Å². The van der Waals surface area contributed by atoms with E-state index in [2.05, 4.69) is 26.2 Å². The van der Waals surface area contributed by atoms with Gasteiger partial charge in [-0.1, -0.05) is 17.7 Å². The monoisotopic (exact) mass is 324 g/mol. The molecule has 92 valence electrons. The Kier molecular flexibility index (Phi) is 3.99. The van der Waals surface area contributed by atoms with Crippen LogP contribution in [0.4, 0.5) is 5.69 Å². The SMILES string of the molecule is Cc1c(Cl)cccc1NC(=O)c1ncccc1Br. The van der Waals surface area contributed by atoms with E-state index in [1.165, 1.54) is 0 Å². The van der Waals surface area contributed by atoms with Crippen molar-refractivity contribution >= 4 is 39.1 Å². The van der Waals surface area contributed by atoms with Crippen LogP contribution in [-0.4, -0.2) is 10.9 Å². The summed E-state index contributed by atoms with van der Waals surface area (Å²) in [5, 5.41) is 3.41. The summed E-state index contributed by atoms with van der Waals surface area (Å²) in [5.74, 6) is -0.271. The van der Waals surface area contributed by atoms with E-state index in [1.807, 2.05) is 6.92 Å². The lowest BCUT2D eigenvalue weighted by Gasteiger charge is -2.09. The second-order valence-electron chi connectivity index (χ2n) is 3.70. The van der Waals surface area contributed by atoms with Gasteiger partial charge < -0.3 is 5.32 Å². The maximum atomic E-state index is 12.1. The van der Waals surface area contributed by atoms with E-state index in [-0.39, 0.29) is 5.91 Å². The van der Waals surface area contributed by atoms with Crippen LogP contribution < -0.4 is 5.32 Å². The van der Waals surface area contributed by atoms with Crippen molar-refractivity contribution in [1.29, 1.82) is 0 Å². The highest BCUT2D eigenvalue weighted by molar-refractivity contribution is 9.10. The number of hydrogen-bond acceptors (Lipinski definition) is 2. The molecule has 0 spiro atoms. The number of benzene rings is 1. The Morgan fingerprint density at radius 3 is 2.83 bits per heavy atom. The Bertz CT molecular complexity index is 601. The van der Waals surface area contributed by atoms with Crippen LogP contribution >= 0.6 is 27.5 Å². The zero-order chi connectivity index (χ0) is 13.1. The van der Waals surface area contributed by atoms with Gasteiger partial charge in [0.15, 0.2) is 0 Å². The summed E-state index contributed by atoms with van der Waals surface area (Å²) in [6.07, 6.45) is 1.57. The lowest BCUT2D eigenvalue weighted by molar-refractivity contribution is 0.102. The predicted octanol–water partition coefficient (Wildman–Crippen LogP) is 4.06.